The van der Waals surface area contributed by atoms with Crippen molar-refractivity contribution in [3.63, 3.8) is 0 Å². The predicted octanol–water partition coefficient (Wildman–Crippen LogP) is 3.28. The lowest BCUT2D eigenvalue weighted by Gasteiger charge is -2.39. The number of nitrogen functional groups attached to an aromatic ring is 1. The molecule has 4 nitrogen and oxygen atoms in total. The van der Waals surface area contributed by atoms with E-state index in [1.807, 2.05) is 37.3 Å². The van der Waals surface area contributed by atoms with E-state index in [1.165, 1.54) is 5.56 Å². The number of carbonyl (C=O) groups is 1. The summed E-state index contributed by atoms with van der Waals surface area (Å²) < 4.78 is 5.83. The summed E-state index contributed by atoms with van der Waals surface area (Å²) in [5, 5.41) is 0. The Bertz CT molecular complexity index is 720. The molecule has 0 saturated heterocycles. The van der Waals surface area contributed by atoms with E-state index in [1.54, 1.807) is 30.9 Å². The van der Waals surface area contributed by atoms with Gasteiger partial charge in [0.05, 0.1) is 12.2 Å². The minimum Gasteiger partial charge on any atom is -0.476 e. The van der Waals surface area contributed by atoms with Gasteiger partial charge in [-0.1, -0.05) is 29.8 Å². The Morgan fingerprint density at radius 3 is 2.50 bits per heavy atom. The molecule has 22 heavy (non-hydrogen) atoms. The van der Waals surface area contributed by atoms with Gasteiger partial charge in [0.15, 0.2) is 5.60 Å². The van der Waals surface area contributed by atoms with E-state index < -0.39 is 5.60 Å². The molecule has 4 heteroatoms. The maximum atomic E-state index is 12.8. The van der Waals surface area contributed by atoms with Gasteiger partial charge in [-0.25, -0.2) is 0 Å². The molecule has 0 aliphatic carbocycles. The second kappa shape index (κ2) is 5.05. The summed E-state index contributed by atoms with van der Waals surface area (Å²) in [5.41, 5.74) is 8.61. The summed E-state index contributed by atoms with van der Waals surface area (Å²) in [6, 6.07) is 13.6. The zero-order valence-electron chi connectivity index (χ0n) is 13.1. The van der Waals surface area contributed by atoms with Crippen molar-refractivity contribution >= 4 is 17.3 Å². The largest absolute Gasteiger partial charge is 0.476 e. The number of fused-ring (bicyclic) bond motifs is 1. The normalized spacial score (nSPS) is 16.1. The molecule has 0 bridgehead atoms. The van der Waals surface area contributed by atoms with Crippen LogP contribution in [0.5, 0.6) is 5.75 Å². The molecule has 2 aromatic carbocycles. The molecule has 1 aliphatic rings. The van der Waals surface area contributed by atoms with Crippen molar-refractivity contribution in [1.82, 2.24) is 0 Å². The first-order valence-corrected chi connectivity index (χ1v) is 7.33. The Hall–Kier alpha value is -2.49. The van der Waals surface area contributed by atoms with E-state index in [4.69, 9.17) is 10.5 Å². The van der Waals surface area contributed by atoms with Gasteiger partial charge in [0, 0.05) is 5.69 Å². The van der Waals surface area contributed by atoms with Crippen molar-refractivity contribution in [3.8, 4) is 5.75 Å². The van der Waals surface area contributed by atoms with Crippen LogP contribution in [0.3, 0.4) is 0 Å². The second-order valence-corrected chi connectivity index (χ2v) is 6.22. The van der Waals surface area contributed by atoms with Gasteiger partial charge < -0.3 is 15.4 Å². The van der Waals surface area contributed by atoms with Crippen LogP contribution in [-0.2, 0) is 11.3 Å². The first kappa shape index (κ1) is 14.4. The highest BCUT2D eigenvalue weighted by Gasteiger charge is 2.40. The van der Waals surface area contributed by atoms with Crippen LogP contribution in [0, 0.1) is 6.92 Å². The predicted molar refractivity (Wildman–Crippen MR) is 87.9 cm³/mol. The second-order valence-electron chi connectivity index (χ2n) is 6.22. The quantitative estimate of drug-likeness (QED) is 0.865. The summed E-state index contributed by atoms with van der Waals surface area (Å²) in [4.78, 5) is 14.5. The van der Waals surface area contributed by atoms with Gasteiger partial charge >= 0.3 is 0 Å². The number of amides is 1. The Kier molecular flexibility index (Phi) is 3.32. The van der Waals surface area contributed by atoms with Gasteiger partial charge in [-0.2, -0.15) is 0 Å². The van der Waals surface area contributed by atoms with Crippen LogP contribution in [0.15, 0.2) is 42.5 Å². The molecule has 0 unspecified atom stereocenters. The zero-order chi connectivity index (χ0) is 15.9. The van der Waals surface area contributed by atoms with Crippen LogP contribution >= 0.6 is 0 Å². The van der Waals surface area contributed by atoms with E-state index in [9.17, 15) is 4.79 Å². The van der Waals surface area contributed by atoms with Crippen LogP contribution in [0.4, 0.5) is 11.4 Å². The fraction of sp³-hybridized carbons (Fsp3) is 0.278. The van der Waals surface area contributed by atoms with Gasteiger partial charge in [-0.15, -0.1) is 0 Å². The Balaban J connectivity index is 2.02. The van der Waals surface area contributed by atoms with Gasteiger partial charge in [-0.3, -0.25) is 4.79 Å². The molecule has 0 atom stereocenters. The highest BCUT2D eigenvalue weighted by Crippen LogP contribution is 2.39. The standard InChI is InChI=1S/C18H20N2O2/c1-12-4-6-13(7-5-12)11-20-15-10-14(19)8-9-16(15)22-18(2,3)17(20)21/h4-10H,11,19H2,1-3H3. The third-order valence-corrected chi connectivity index (χ3v) is 3.86. The number of ether oxygens (including phenoxy) is 1. The lowest BCUT2D eigenvalue weighted by atomic mass is 10.0. The Labute approximate surface area is 130 Å². The zero-order valence-corrected chi connectivity index (χ0v) is 13.1. The molecule has 1 aliphatic heterocycles. The van der Waals surface area contributed by atoms with Crippen LogP contribution in [-0.4, -0.2) is 11.5 Å². The number of hydrogen-bond acceptors (Lipinski definition) is 3. The molecule has 2 N–H and O–H groups in total. The van der Waals surface area contributed by atoms with Gasteiger partial charge in [0.2, 0.25) is 0 Å². The molecular formula is C18H20N2O2. The lowest BCUT2D eigenvalue weighted by molar-refractivity contribution is -0.132. The topological polar surface area (TPSA) is 55.6 Å². The van der Waals surface area contributed by atoms with Crippen molar-refractivity contribution in [2.24, 2.45) is 0 Å². The number of benzene rings is 2. The average Bonchev–Trinajstić information content (AvgIpc) is 2.47. The molecule has 0 radical (unpaired) electrons. The van der Waals surface area contributed by atoms with Gasteiger partial charge in [0.25, 0.3) is 5.91 Å². The molecule has 1 amide bonds. The average molecular weight is 296 g/mol. The summed E-state index contributed by atoms with van der Waals surface area (Å²) in [7, 11) is 0. The monoisotopic (exact) mass is 296 g/mol. The third kappa shape index (κ3) is 2.52. The van der Waals surface area contributed by atoms with Gasteiger partial charge in [0.1, 0.15) is 5.75 Å². The summed E-state index contributed by atoms with van der Waals surface area (Å²) in [6.45, 7) is 6.12. The van der Waals surface area contributed by atoms with Gasteiger partial charge in [-0.05, 0) is 44.5 Å². The number of carbonyl (C=O) groups excluding carboxylic acids is 1. The lowest BCUT2D eigenvalue weighted by Crippen LogP contribution is -2.52. The fourth-order valence-corrected chi connectivity index (χ4v) is 2.62. The van der Waals surface area contributed by atoms with Crippen LogP contribution < -0.4 is 15.4 Å². The van der Waals surface area contributed by atoms with Crippen molar-refractivity contribution in [2.45, 2.75) is 32.9 Å². The third-order valence-electron chi connectivity index (χ3n) is 3.86. The Morgan fingerprint density at radius 1 is 1.14 bits per heavy atom. The molecule has 0 saturated carbocycles. The number of nitrogens with zero attached hydrogens (tertiary/aromatic N) is 1. The van der Waals surface area contributed by atoms with E-state index in [0.29, 0.717) is 18.0 Å². The van der Waals surface area contributed by atoms with E-state index in [-0.39, 0.29) is 5.91 Å². The molecule has 114 valence electrons. The smallest absolute Gasteiger partial charge is 0.271 e. The SMILES string of the molecule is Cc1ccc(CN2C(=O)C(C)(C)Oc3ccc(N)cc32)cc1. The van der Waals surface area contributed by atoms with E-state index in [0.717, 1.165) is 11.3 Å². The molecule has 0 aromatic heterocycles. The molecule has 0 spiro atoms. The maximum Gasteiger partial charge on any atom is 0.271 e. The van der Waals surface area contributed by atoms with Crippen molar-refractivity contribution in [1.29, 1.82) is 0 Å². The van der Waals surface area contributed by atoms with E-state index >= 15 is 0 Å². The first-order valence-electron chi connectivity index (χ1n) is 7.33. The summed E-state index contributed by atoms with van der Waals surface area (Å²) in [5.74, 6) is 0.622. The molecule has 1 heterocycles. The molecule has 2 aromatic rings. The number of aryl methyl sites for hydroxylation is 1. The number of hydrogen-bond donors (Lipinski definition) is 1. The number of anilines is 2. The Morgan fingerprint density at radius 2 is 1.82 bits per heavy atom. The summed E-state index contributed by atoms with van der Waals surface area (Å²) in [6.07, 6.45) is 0. The van der Waals surface area contributed by atoms with Crippen LogP contribution in [0.1, 0.15) is 25.0 Å². The molecule has 3 rings (SSSR count). The fourth-order valence-electron chi connectivity index (χ4n) is 2.62. The molecule has 0 fully saturated rings. The van der Waals surface area contributed by atoms with Crippen molar-refractivity contribution in [2.75, 3.05) is 10.6 Å². The minimum atomic E-state index is -0.881. The van der Waals surface area contributed by atoms with Crippen LogP contribution in [0.2, 0.25) is 0 Å². The highest BCUT2D eigenvalue weighted by molar-refractivity contribution is 6.02. The summed E-state index contributed by atoms with van der Waals surface area (Å²) >= 11 is 0. The van der Waals surface area contributed by atoms with Crippen LogP contribution in [0.25, 0.3) is 0 Å². The number of nitrogens with two attached hydrogens (primary N) is 1. The van der Waals surface area contributed by atoms with Crippen molar-refractivity contribution in [3.05, 3.63) is 53.6 Å². The minimum absolute atomic E-state index is 0.0637. The van der Waals surface area contributed by atoms with E-state index in [2.05, 4.69) is 0 Å². The number of rotatable bonds is 2. The molecular weight excluding hydrogens is 276 g/mol. The highest BCUT2D eigenvalue weighted by atomic mass is 16.5. The maximum absolute atomic E-state index is 12.8. The van der Waals surface area contributed by atoms with Crippen molar-refractivity contribution < 1.29 is 9.53 Å². The first-order chi connectivity index (χ1) is 10.4.